The van der Waals surface area contributed by atoms with Gasteiger partial charge in [-0.1, -0.05) is 30.4 Å². The van der Waals surface area contributed by atoms with Crippen molar-refractivity contribution in [3.8, 4) is 0 Å². The second-order valence-electron chi connectivity index (χ2n) is 7.90. The predicted molar refractivity (Wildman–Crippen MR) is 103 cm³/mol. The van der Waals surface area contributed by atoms with Crippen LogP contribution in [0.4, 0.5) is 0 Å². The average Bonchev–Trinajstić information content (AvgIpc) is 2.92. The van der Waals surface area contributed by atoms with Crippen molar-refractivity contribution in [1.82, 2.24) is 14.8 Å². The van der Waals surface area contributed by atoms with E-state index in [0.717, 1.165) is 11.1 Å². The second kappa shape index (κ2) is 6.26. The van der Waals surface area contributed by atoms with Crippen molar-refractivity contribution in [3.63, 3.8) is 0 Å². The Bertz CT molecular complexity index is 1010. The maximum Gasteiger partial charge on any atom is 0.256 e. The van der Waals surface area contributed by atoms with Crippen molar-refractivity contribution in [2.24, 2.45) is 11.8 Å². The molecule has 28 heavy (non-hydrogen) atoms. The zero-order valence-corrected chi connectivity index (χ0v) is 15.7. The summed E-state index contributed by atoms with van der Waals surface area (Å²) in [6, 6.07) is 9.26. The maximum atomic E-state index is 13.0. The summed E-state index contributed by atoms with van der Waals surface area (Å²) in [5.41, 5.74) is 2.12. The van der Waals surface area contributed by atoms with E-state index in [-0.39, 0.29) is 35.6 Å². The summed E-state index contributed by atoms with van der Waals surface area (Å²) < 4.78 is 0. The van der Waals surface area contributed by atoms with Crippen molar-refractivity contribution >= 4 is 28.6 Å². The van der Waals surface area contributed by atoms with Crippen LogP contribution in [-0.2, 0) is 9.59 Å². The number of fused-ring (bicyclic) bond motifs is 2. The van der Waals surface area contributed by atoms with Crippen LogP contribution in [0.1, 0.15) is 28.9 Å². The molecule has 0 bridgehead atoms. The lowest BCUT2D eigenvalue weighted by Crippen LogP contribution is -2.62. The van der Waals surface area contributed by atoms with Crippen LogP contribution in [-0.4, -0.2) is 51.6 Å². The standard InChI is InChI=1S/C22H21N3O3/c1-13-9-10-14-5-4-8-18(19(14)23-13)20(26)24-11-15(12-24)25-21(27)16-6-2-3-7-17(16)22(25)28/h2-5,8-10,15-17H,6-7,11-12H2,1H3. The highest BCUT2D eigenvalue weighted by molar-refractivity contribution is 6.07. The SMILES string of the molecule is Cc1ccc2cccc(C(=O)N3CC(N4C(=O)C5CC=CCC5C4=O)C3)c2n1. The normalized spacial score (nSPS) is 24.6. The molecular formula is C22H21N3O3. The molecule has 2 unspecified atom stereocenters. The number of allylic oxidation sites excluding steroid dienone is 2. The number of aromatic nitrogens is 1. The third-order valence-electron chi connectivity index (χ3n) is 6.15. The first-order chi connectivity index (χ1) is 13.5. The Kier molecular flexibility index (Phi) is 3.82. The molecule has 3 amide bonds. The van der Waals surface area contributed by atoms with E-state index in [1.807, 2.05) is 43.3 Å². The summed E-state index contributed by atoms with van der Waals surface area (Å²) in [5.74, 6) is -0.670. The molecule has 6 nitrogen and oxygen atoms in total. The van der Waals surface area contributed by atoms with Gasteiger partial charge in [-0.25, -0.2) is 0 Å². The van der Waals surface area contributed by atoms with E-state index >= 15 is 0 Å². The van der Waals surface area contributed by atoms with Gasteiger partial charge in [-0.05, 0) is 31.9 Å². The first-order valence-electron chi connectivity index (χ1n) is 9.72. The highest BCUT2D eigenvalue weighted by Crippen LogP contribution is 2.37. The van der Waals surface area contributed by atoms with Gasteiger partial charge in [0.2, 0.25) is 11.8 Å². The molecule has 0 saturated carbocycles. The number of carbonyl (C=O) groups excluding carboxylic acids is 3. The third kappa shape index (κ3) is 2.47. The number of amides is 3. The molecule has 5 rings (SSSR count). The molecule has 3 heterocycles. The van der Waals surface area contributed by atoms with Gasteiger partial charge in [-0.3, -0.25) is 24.3 Å². The number of benzene rings is 1. The van der Waals surface area contributed by atoms with Crippen molar-refractivity contribution in [3.05, 3.63) is 53.7 Å². The lowest BCUT2D eigenvalue weighted by atomic mass is 9.85. The monoisotopic (exact) mass is 375 g/mol. The van der Waals surface area contributed by atoms with Crippen LogP contribution in [0.5, 0.6) is 0 Å². The van der Waals surface area contributed by atoms with Crippen LogP contribution in [0, 0.1) is 18.8 Å². The number of para-hydroxylation sites is 1. The number of hydrogen-bond donors (Lipinski definition) is 0. The van der Waals surface area contributed by atoms with Crippen molar-refractivity contribution in [1.29, 1.82) is 0 Å². The lowest BCUT2D eigenvalue weighted by Gasteiger charge is -2.43. The van der Waals surface area contributed by atoms with Crippen LogP contribution >= 0.6 is 0 Å². The van der Waals surface area contributed by atoms with Gasteiger partial charge < -0.3 is 4.90 Å². The van der Waals surface area contributed by atoms with Gasteiger partial charge >= 0.3 is 0 Å². The predicted octanol–water partition coefficient (Wildman–Crippen LogP) is 2.32. The molecule has 2 aliphatic heterocycles. The summed E-state index contributed by atoms with van der Waals surface area (Å²) in [6.45, 7) is 2.69. The van der Waals surface area contributed by atoms with Crippen LogP contribution in [0.25, 0.3) is 10.9 Å². The smallest absolute Gasteiger partial charge is 0.256 e. The fourth-order valence-corrected chi connectivity index (χ4v) is 4.56. The topological polar surface area (TPSA) is 70.6 Å². The molecule has 2 saturated heterocycles. The van der Waals surface area contributed by atoms with Gasteiger partial charge in [0.25, 0.3) is 5.91 Å². The fourth-order valence-electron chi connectivity index (χ4n) is 4.56. The Labute approximate surface area is 162 Å². The Morgan fingerprint density at radius 1 is 1.00 bits per heavy atom. The van der Waals surface area contributed by atoms with E-state index in [9.17, 15) is 14.4 Å². The fraction of sp³-hybridized carbons (Fsp3) is 0.364. The second-order valence-corrected chi connectivity index (χ2v) is 7.90. The van der Waals surface area contributed by atoms with Gasteiger partial charge in [-0.15, -0.1) is 0 Å². The van der Waals surface area contributed by atoms with Crippen molar-refractivity contribution < 1.29 is 14.4 Å². The van der Waals surface area contributed by atoms with Gasteiger partial charge in [-0.2, -0.15) is 0 Å². The Balaban J connectivity index is 1.34. The van der Waals surface area contributed by atoms with E-state index < -0.39 is 0 Å². The number of likely N-dealkylation sites (tertiary alicyclic amines) is 2. The molecule has 0 radical (unpaired) electrons. The van der Waals surface area contributed by atoms with E-state index in [2.05, 4.69) is 4.98 Å². The molecule has 1 aromatic carbocycles. The average molecular weight is 375 g/mol. The summed E-state index contributed by atoms with van der Waals surface area (Å²) in [5, 5.41) is 0.926. The quantitative estimate of drug-likeness (QED) is 0.597. The first kappa shape index (κ1) is 17.1. The van der Waals surface area contributed by atoms with Crippen LogP contribution in [0.3, 0.4) is 0 Å². The largest absolute Gasteiger partial charge is 0.334 e. The first-order valence-corrected chi connectivity index (χ1v) is 9.72. The van der Waals surface area contributed by atoms with E-state index in [0.29, 0.717) is 37.0 Å². The zero-order valence-electron chi connectivity index (χ0n) is 15.7. The molecule has 1 aliphatic carbocycles. The molecule has 0 N–H and O–H groups in total. The molecule has 6 heteroatoms. The van der Waals surface area contributed by atoms with Crippen molar-refractivity contribution in [2.45, 2.75) is 25.8 Å². The number of hydrogen-bond acceptors (Lipinski definition) is 4. The summed E-state index contributed by atoms with van der Waals surface area (Å²) in [4.78, 5) is 46.1. The van der Waals surface area contributed by atoms with E-state index in [4.69, 9.17) is 0 Å². The number of aryl methyl sites for hydroxylation is 1. The van der Waals surface area contributed by atoms with Crippen molar-refractivity contribution in [2.75, 3.05) is 13.1 Å². The van der Waals surface area contributed by atoms with Gasteiger partial charge in [0.15, 0.2) is 0 Å². The molecule has 2 fully saturated rings. The minimum atomic E-state index is -0.215. The number of carbonyl (C=O) groups is 3. The molecule has 3 aliphatic rings. The Morgan fingerprint density at radius 3 is 2.36 bits per heavy atom. The summed E-state index contributed by atoms with van der Waals surface area (Å²) in [6.07, 6.45) is 5.26. The Hall–Kier alpha value is -3.02. The highest BCUT2D eigenvalue weighted by atomic mass is 16.2. The van der Waals surface area contributed by atoms with Crippen LogP contribution < -0.4 is 0 Å². The number of imide groups is 1. The third-order valence-corrected chi connectivity index (χ3v) is 6.15. The van der Waals surface area contributed by atoms with Crippen LogP contribution in [0.2, 0.25) is 0 Å². The molecule has 1 aromatic heterocycles. The molecule has 2 aromatic rings. The number of pyridine rings is 1. The van der Waals surface area contributed by atoms with Gasteiger partial charge in [0.1, 0.15) is 0 Å². The summed E-state index contributed by atoms with van der Waals surface area (Å²) >= 11 is 0. The molecular weight excluding hydrogens is 354 g/mol. The highest BCUT2D eigenvalue weighted by Gasteiger charge is 2.52. The van der Waals surface area contributed by atoms with Gasteiger partial charge in [0.05, 0.1) is 29.0 Å². The molecule has 142 valence electrons. The lowest BCUT2D eigenvalue weighted by molar-refractivity contribution is -0.145. The minimum absolute atomic E-state index is 0.0705. The van der Waals surface area contributed by atoms with E-state index in [1.165, 1.54) is 4.90 Å². The van der Waals surface area contributed by atoms with Gasteiger partial charge in [0, 0.05) is 24.2 Å². The maximum absolute atomic E-state index is 13.0. The molecule has 0 spiro atoms. The van der Waals surface area contributed by atoms with E-state index in [1.54, 1.807) is 11.0 Å². The number of rotatable bonds is 2. The number of nitrogens with zero attached hydrogens (tertiary/aromatic N) is 3. The summed E-state index contributed by atoms with van der Waals surface area (Å²) in [7, 11) is 0. The van der Waals surface area contributed by atoms with Crippen LogP contribution in [0.15, 0.2) is 42.5 Å². The minimum Gasteiger partial charge on any atom is -0.334 e. The Morgan fingerprint density at radius 2 is 1.68 bits per heavy atom. The zero-order chi connectivity index (χ0) is 19.4. The molecule has 2 atom stereocenters.